The van der Waals surface area contributed by atoms with Crippen molar-refractivity contribution in [2.75, 3.05) is 0 Å². The number of carbonyl (C=O) groups is 4. The maximum atomic E-state index is 8.56. The van der Waals surface area contributed by atoms with Crippen LogP contribution in [0.2, 0.25) is 0 Å². The Bertz CT molecular complexity index is 170. The van der Waals surface area contributed by atoms with E-state index in [1.165, 1.54) is 0 Å². The van der Waals surface area contributed by atoms with Gasteiger partial charge in [0.25, 0.3) is 0 Å². The van der Waals surface area contributed by atoms with Crippen molar-refractivity contribution < 1.29 is 60.0 Å². The predicted octanol–water partition coefficient (Wildman–Crippen LogP) is -3.69. The van der Waals surface area contributed by atoms with Gasteiger partial charge in [0.05, 0.1) is 0 Å². The summed E-state index contributed by atoms with van der Waals surface area (Å²) >= 11 is 0. The molecule has 0 aliphatic carbocycles. The van der Waals surface area contributed by atoms with Gasteiger partial charge in [-0.3, -0.25) is 0 Å². The van der Waals surface area contributed by atoms with Gasteiger partial charge in [-0.1, -0.05) is 0 Å². The third kappa shape index (κ3) is 936. The molecule has 116 valence electrons. The van der Waals surface area contributed by atoms with E-state index in [1.54, 1.807) is 0 Å². The molecule has 0 unspecified atom stereocenters. The minimum atomic E-state index is -1.83. The summed E-state index contributed by atoms with van der Waals surface area (Å²) in [7, 11) is 0. The number of rotatable bonds is 0. The summed E-state index contributed by atoms with van der Waals surface area (Å²) in [5.74, 6) is 0. The topological polar surface area (TPSA) is 230 Å². The first-order chi connectivity index (χ1) is 6.93. The van der Waals surface area contributed by atoms with E-state index in [0.29, 0.717) is 0 Å². The third-order valence-electron chi connectivity index (χ3n) is 0. The van der Waals surface area contributed by atoms with Crippen LogP contribution in [0.15, 0.2) is 0 Å². The first kappa shape index (κ1) is 56.3. The normalized spacial score (nSPS) is 4.57. The van der Waals surface area contributed by atoms with Gasteiger partial charge < -0.3 is 40.9 Å². The van der Waals surface area contributed by atoms with Crippen LogP contribution in [0, 0.1) is 0 Å². The average Bonchev–Trinajstić information content (AvgIpc) is 1.76. The van der Waals surface area contributed by atoms with Crippen molar-refractivity contribution in [2.45, 2.75) is 0 Å². The second-order valence-corrected chi connectivity index (χ2v) is 1.13. The van der Waals surface area contributed by atoms with Gasteiger partial charge in [-0.15, -0.1) is 0 Å². The van der Waals surface area contributed by atoms with E-state index < -0.39 is 24.6 Å². The van der Waals surface area contributed by atoms with Gasteiger partial charge in [0.1, 0.15) is 0 Å². The number of carboxylic acid groups (broad SMARTS) is 8. The van der Waals surface area contributed by atoms with Crippen LogP contribution >= 0.6 is 0 Å². The van der Waals surface area contributed by atoms with Crippen molar-refractivity contribution in [1.29, 1.82) is 0 Å². The fourth-order valence-electron chi connectivity index (χ4n) is 0. The van der Waals surface area contributed by atoms with Crippen molar-refractivity contribution in [2.24, 2.45) is 0 Å². The summed E-state index contributed by atoms with van der Waals surface area (Å²) in [5.41, 5.74) is 0. The van der Waals surface area contributed by atoms with E-state index >= 15 is 0 Å². The molecule has 0 aromatic carbocycles. The van der Waals surface area contributed by atoms with Gasteiger partial charge >= 0.3 is 213 Å². The maximum absolute atomic E-state index is 8.56. The minimum absolute atomic E-state index is 0. The van der Waals surface area contributed by atoms with Gasteiger partial charge in [-0.2, -0.15) is 0 Å². The van der Waals surface area contributed by atoms with Gasteiger partial charge in [0.15, 0.2) is 0 Å². The Hall–Kier alpha value is 3.38. The van der Waals surface area contributed by atoms with E-state index in [-0.39, 0.29) is 189 Å². The van der Waals surface area contributed by atoms with E-state index in [0.717, 1.165) is 0 Å². The van der Waals surface area contributed by atoms with E-state index in [1.807, 2.05) is 0 Å². The second kappa shape index (κ2) is 49.5. The monoisotopic (exact) mass is 458 g/mol. The van der Waals surface area contributed by atoms with Crippen molar-refractivity contribution in [3.8, 4) is 0 Å². The van der Waals surface area contributed by atoms with Crippen LogP contribution in [0.25, 0.3) is 0 Å². The molecule has 0 saturated carbocycles. The molecule has 0 heterocycles. The molecular weight excluding hydrogens is 440 g/mol. The van der Waals surface area contributed by atoms with E-state index in [2.05, 4.69) is 0 Å². The van der Waals surface area contributed by atoms with Crippen LogP contribution in [0.3, 0.4) is 0 Å². The number of hydrogen-bond acceptors (Lipinski definition) is 4. The molecule has 21 heavy (non-hydrogen) atoms. The zero-order chi connectivity index (χ0) is 14.3. The van der Waals surface area contributed by atoms with Gasteiger partial charge in [0.2, 0.25) is 0 Å². The Labute approximate surface area is 266 Å². The summed E-state index contributed by atoms with van der Waals surface area (Å²) in [6.07, 6.45) is -7.33. The van der Waals surface area contributed by atoms with Crippen LogP contribution in [-0.2, 0) is 0 Å². The Balaban J connectivity index is -0.0000000121. The molecule has 0 bridgehead atoms. The van der Waals surface area contributed by atoms with E-state index in [4.69, 9.17) is 60.0 Å². The van der Waals surface area contributed by atoms with Crippen LogP contribution in [0.5, 0.6) is 0 Å². The summed E-state index contributed by atoms with van der Waals surface area (Å²) in [4.78, 5) is 34.2. The first-order valence-corrected chi connectivity index (χ1v) is 2.61. The van der Waals surface area contributed by atoms with Crippen LogP contribution in [-0.4, -0.2) is 254 Å². The standard InChI is InChI=1S/4CH2O3.5Ca.10H/c4*2-1(3)4;;;;;;;;;;;;;;;/h4*(H2,2,3,4);;;;;;;;;;;;;;;. The fourth-order valence-corrected chi connectivity index (χ4v) is 0. The van der Waals surface area contributed by atoms with Crippen LogP contribution in [0.1, 0.15) is 0 Å². The van der Waals surface area contributed by atoms with E-state index in [9.17, 15) is 0 Å². The van der Waals surface area contributed by atoms with Crippen molar-refractivity contribution in [1.82, 2.24) is 0 Å². The molecular formula is C4H18Ca5O12. The molecule has 0 atom stereocenters. The quantitative estimate of drug-likeness (QED) is 0.164. The van der Waals surface area contributed by atoms with Crippen LogP contribution < -0.4 is 0 Å². The molecule has 8 N–H and O–H groups in total. The number of hydrogen-bond donors (Lipinski definition) is 8. The Morgan fingerprint density at radius 1 is 0.333 bits per heavy atom. The van der Waals surface area contributed by atoms with Gasteiger partial charge in [-0.25, -0.2) is 19.2 Å². The fraction of sp³-hybridized carbons (Fsp3) is 0. The summed E-state index contributed by atoms with van der Waals surface area (Å²) in [5, 5.41) is 55.8. The van der Waals surface area contributed by atoms with Gasteiger partial charge in [-0.05, 0) is 0 Å². The SMILES string of the molecule is O=C(O)O.O=C(O)O.O=C(O)O.O=C(O)O.[CaH2].[CaH2].[CaH2].[CaH2].[CaH2]. The molecule has 0 spiro atoms. The summed E-state index contributed by atoms with van der Waals surface area (Å²) in [6.45, 7) is 0. The first-order valence-electron chi connectivity index (χ1n) is 2.61. The Morgan fingerprint density at radius 3 is 0.333 bits per heavy atom. The molecule has 0 fully saturated rings. The molecule has 12 nitrogen and oxygen atoms in total. The molecule has 0 radical (unpaired) electrons. The average molecular weight is 459 g/mol. The molecule has 0 aliphatic rings. The third-order valence-corrected chi connectivity index (χ3v) is 0. The molecule has 0 amide bonds. The molecule has 0 aromatic rings. The Morgan fingerprint density at radius 2 is 0.333 bits per heavy atom. The molecule has 0 aliphatic heterocycles. The summed E-state index contributed by atoms with van der Waals surface area (Å²) in [6, 6.07) is 0. The predicted molar refractivity (Wildman–Crippen MR) is 85.3 cm³/mol. The van der Waals surface area contributed by atoms with Crippen molar-refractivity contribution in [3.63, 3.8) is 0 Å². The van der Waals surface area contributed by atoms with Gasteiger partial charge in [0, 0.05) is 0 Å². The van der Waals surface area contributed by atoms with Crippen molar-refractivity contribution in [3.05, 3.63) is 0 Å². The zero-order valence-electron chi connectivity index (χ0n) is 7.21. The zero-order valence-corrected chi connectivity index (χ0v) is 7.21. The molecule has 17 heteroatoms. The second-order valence-electron chi connectivity index (χ2n) is 1.13. The summed E-state index contributed by atoms with van der Waals surface area (Å²) < 4.78 is 0. The Kier molecular flexibility index (Phi) is 133. The molecule has 0 aromatic heterocycles. The molecule has 0 saturated heterocycles. The van der Waals surface area contributed by atoms with Crippen LogP contribution in [0.4, 0.5) is 19.2 Å². The van der Waals surface area contributed by atoms with Crippen molar-refractivity contribution >= 4 is 213 Å². The molecule has 0 rings (SSSR count).